The van der Waals surface area contributed by atoms with Gasteiger partial charge in [0.05, 0.1) is 68.6 Å². The minimum absolute atomic E-state index is 0.133. The highest BCUT2D eigenvalue weighted by atomic mass is 16.8. The van der Waals surface area contributed by atoms with Gasteiger partial charge in [-0.05, 0) is 111 Å². The van der Waals surface area contributed by atoms with Gasteiger partial charge in [-0.15, -0.1) is 0 Å². The van der Waals surface area contributed by atoms with E-state index < -0.39 is 250 Å². The van der Waals surface area contributed by atoms with Gasteiger partial charge in [0.25, 0.3) is 0 Å². The highest BCUT2D eigenvalue weighted by molar-refractivity contribution is 5.79. The van der Waals surface area contributed by atoms with Crippen LogP contribution in [0.25, 0.3) is 0 Å². The number of aliphatic hydroxyl groups is 15. The van der Waals surface area contributed by atoms with E-state index in [1.807, 2.05) is 0 Å². The van der Waals surface area contributed by atoms with Crippen LogP contribution in [0.3, 0.4) is 0 Å². The number of rotatable bonds is 4. The molecule has 9 aliphatic heterocycles. The molecule has 536 valence electrons. The maximum Gasteiger partial charge on any atom is 0.315 e. The maximum atomic E-state index is 15.6. The fourth-order valence-electron chi connectivity index (χ4n) is 18.7. The molecule has 11 fully saturated rings. The first-order chi connectivity index (χ1) is 44.0. The maximum absolute atomic E-state index is 15.6. The third-order valence-corrected chi connectivity index (χ3v) is 24.3. The molecular formula is C64H100O30. The molecule has 0 aromatic carbocycles. The Kier molecular flexibility index (Phi) is 20.5. The number of esters is 3. The van der Waals surface area contributed by atoms with Gasteiger partial charge in [0, 0.05) is 5.41 Å². The van der Waals surface area contributed by atoms with Gasteiger partial charge in [-0.1, -0.05) is 53.2 Å². The molecule has 0 amide bonds. The third kappa shape index (κ3) is 12.5. The molecule has 15 N–H and O–H groups in total. The molecule has 0 aromatic heterocycles. The standard InChI is InChI=1S/C64H100O30/c1-26-47-48(90-52-44(78)38(72)30(68)22-84-52)46(80)54(86-26)91-49-39(73)31(69)23-85-55(49)94-57(81)64-15-13-58(2,3)17-28(64)27-9-10-35-60(5)18-29(67)51(61(6,25-66)34(60)11-12-63(35,8)62(27,7)14-16-64)93-56-50(43(77)40(74)32(21-65)87-56)92-53-45(79)42(76)41(75)33(88-53)24-83-36(70)19-59(4,82)20-37(71)89-47/h9,26,28-35,38-56,65-69,72-80,82H,10-25H2,1-8H3/t26-,28?,29-,30+,31+,32+,33-,34?,35?,38-,39+,40+,41-,42+,43-,44+,45-,46+,47-,48-,49-,50+,51-,52-,53+,54-,55+,56-,59-,60-,61-,62+,63+,64-/m0/s1. The van der Waals surface area contributed by atoms with Crippen molar-refractivity contribution in [3.63, 3.8) is 0 Å². The van der Waals surface area contributed by atoms with Crippen molar-refractivity contribution in [2.75, 3.05) is 33.0 Å². The van der Waals surface area contributed by atoms with Crippen LogP contribution in [0.5, 0.6) is 0 Å². The Bertz CT molecular complexity index is 2760. The van der Waals surface area contributed by atoms with Crippen molar-refractivity contribution in [2.45, 2.75) is 285 Å². The number of hydrogen-bond donors (Lipinski definition) is 15. The lowest BCUT2D eigenvalue weighted by molar-refractivity contribution is -0.384. The van der Waals surface area contributed by atoms with Crippen molar-refractivity contribution in [3.05, 3.63) is 11.6 Å². The van der Waals surface area contributed by atoms with E-state index in [-0.39, 0.29) is 29.6 Å². The van der Waals surface area contributed by atoms with Gasteiger partial charge < -0.3 is 133 Å². The predicted octanol–water partition coefficient (Wildman–Crippen LogP) is -3.32. The fourth-order valence-corrected chi connectivity index (χ4v) is 18.7. The summed E-state index contributed by atoms with van der Waals surface area (Å²) >= 11 is 0. The van der Waals surface area contributed by atoms with Gasteiger partial charge in [-0.2, -0.15) is 0 Å². The highest BCUT2D eigenvalue weighted by Gasteiger charge is 2.72. The van der Waals surface area contributed by atoms with Crippen molar-refractivity contribution in [2.24, 2.45) is 50.2 Å². The summed E-state index contributed by atoms with van der Waals surface area (Å²) in [7, 11) is 0. The molecule has 14 aliphatic rings. The van der Waals surface area contributed by atoms with Crippen LogP contribution in [-0.2, 0) is 71.2 Å². The van der Waals surface area contributed by atoms with E-state index in [0.29, 0.717) is 51.4 Å². The molecule has 4 saturated carbocycles. The molecule has 94 heavy (non-hydrogen) atoms. The van der Waals surface area contributed by atoms with Crippen LogP contribution in [0, 0.1) is 50.2 Å². The topological polar surface area (TPSA) is 465 Å². The van der Waals surface area contributed by atoms with Crippen LogP contribution in [-0.4, -0.2) is 287 Å². The zero-order valence-corrected chi connectivity index (χ0v) is 54.4. The van der Waals surface area contributed by atoms with E-state index >= 15 is 4.79 Å². The predicted molar refractivity (Wildman–Crippen MR) is 312 cm³/mol. The Hall–Kier alpha value is -2.81. The lowest BCUT2D eigenvalue weighted by atomic mass is 9.33. The number of carbonyl (C=O) groups excluding carboxylic acids is 3. The zero-order valence-electron chi connectivity index (χ0n) is 54.4. The molecule has 30 nitrogen and oxygen atoms in total. The first kappa shape index (κ1) is 72.4. The van der Waals surface area contributed by atoms with Crippen LogP contribution in [0.15, 0.2) is 11.6 Å². The van der Waals surface area contributed by atoms with Crippen molar-refractivity contribution in [1.82, 2.24) is 0 Å². The van der Waals surface area contributed by atoms with Gasteiger partial charge in [-0.3, -0.25) is 14.4 Å². The molecule has 7 saturated heterocycles. The first-order valence-corrected chi connectivity index (χ1v) is 33.2. The Morgan fingerprint density at radius 3 is 1.90 bits per heavy atom. The van der Waals surface area contributed by atoms with E-state index in [4.69, 9.17) is 56.8 Å². The zero-order chi connectivity index (χ0) is 68.5. The van der Waals surface area contributed by atoms with Crippen molar-refractivity contribution in [3.8, 4) is 0 Å². The highest BCUT2D eigenvalue weighted by Crippen LogP contribution is 2.76. The molecule has 0 aromatic rings. The van der Waals surface area contributed by atoms with Gasteiger partial charge in [0.15, 0.2) is 37.4 Å². The van der Waals surface area contributed by atoms with E-state index in [1.54, 1.807) is 6.92 Å². The number of carbonyl (C=O) groups is 3. The lowest BCUT2D eigenvalue weighted by Crippen LogP contribution is -2.70. The van der Waals surface area contributed by atoms with Crippen LogP contribution in [0.1, 0.15) is 126 Å². The lowest BCUT2D eigenvalue weighted by Gasteiger charge is -2.72. The second kappa shape index (κ2) is 26.6. The Labute approximate surface area is 544 Å². The molecule has 1 spiro atoms. The van der Waals surface area contributed by atoms with Gasteiger partial charge in [-0.25, -0.2) is 0 Å². The van der Waals surface area contributed by atoms with Crippen LogP contribution < -0.4 is 0 Å². The van der Waals surface area contributed by atoms with E-state index in [1.165, 1.54) is 6.92 Å². The molecule has 3 unspecified atom stereocenters. The van der Waals surface area contributed by atoms with Crippen molar-refractivity contribution >= 4 is 17.9 Å². The normalized spacial score (nSPS) is 54.5. The summed E-state index contributed by atoms with van der Waals surface area (Å²) in [5.74, 6) is -3.98. The smallest absolute Gasteiger partial charge is 0.315 e. The number of aliphatic hydroxyl groups excluding tert-OH is 14. The summed E-state index contributed by atoms with van der Waals surface area (Å²) in [6, 6.07) is 0. The summed E-state index contributed by atoms with van der Waals surface area (Å²) in [6.07, 6.45) is -40.1. The molecular weight excluding hydrogens is 1250 g/mol. The summed E-state index contributed by atoms with van der Waals surface area (Å²) in [6.45, 7) is 11.8. The monoisotopic (exact) mass is 1350 g/mol. The van der Waals surface area contributed by atoms with E-state index in [0.717, 1.165) is 12.5 Å². The summed E-state index contributed by atoms with van der Waals surface area (Å²) in [5, 5.41) is 170. The third-order valence-electron chi connectivity index (χ3n) is 24.3. The van der Waals surface area contributed by atoms with Gasteiger partial charge in [0.1, 0.15) is 98.2 Å². The molecule has 34 atom stereocenters. The van der Waals surface area contributed by atoms with Gasteiger partial charge >= 0.3 is 17.9 Å². The van der Waals surface area contributed by atoms with Crippen LogP contribution in [0.2, 0.25) is 0 Å². The molecule has 0 radical (unpaired) electrons. The first-order valence-electron chi connectivity index (χ1n) is 33.2. The van der Waals surface area contributed by atoms with Crippen molar-refractivity contribution in [1.29, 1.82) is 0 Å². The largest absolute Gasteiger partial charge is 0.463 e. The minimum Gasteiger partial charge on any atom is -0.463 e. The molecule has 14 rings (SSSR count). The average Bonchev–Trinajstić information content (AvgIpc) is 0.675. The summed E-state index contributed by atoms with van der Waals surface area (Å²) in [5.41, 5.74) is -5.65. The fraction of sp³-hybridized carbons (Fsp3) is 0.922. The number of ether oxygens (including phenoxy) is 12. The summed E-state index contributed by atoms with van der Waals surface area (Å²) < 4.78 is 72.4. The molecule has 9 heterocycles. The Balaban J connectivity index is 0.956. The van der Waals surface area contributed by atoms with Crippen molar-refractivity contribution < 1.29 is 148 Å². The quantitative estimate of drug-likeness (QED) is 0.0567. The van der Waals surface area contributed by atoms with Gasteiger partial charge in [0.2, 0.25) is 6.29 Å². The van der Waals surface area contributed by atoms with E-state index in [2.05, 4.69) is 40.7 Å². The second-order valence-electron chi connectivity index (χ2n) is 31.0. The second-order valence-corrected chi connectivity index (χ2v) is 31.0. The SMILES string of the molecule is C[C@@H]1O[C@H]2O[C@@H]3[C@H](OC[C@@H](O)[C@H]3O)OC(=O)[C@]34CCC(C)(C)CC3C3=CCC5[C@@]6(C)C[C@H](O)[C@H](O[C@@H]7O[C@H](CO)[C@@H](O)[C@H](O)[C@H]7O[C@H]7O[C@@H](COC(=O)C[C@](C)(O)CC(=O)O[C@@H]1[C@@H](O[C@@H]1OC[C@@H](O)[C@H](O)[C@H]1O)[C@H]2O)[C@H](O)[C@@H](O)[C@@H]7O)[C@@](C)(CO)C6CC[C@@]5(C)[C@]3(C)CC4. The minimum atomic E-state index is -2.31. The molecule has 12 bridgehead atoms. The number of allylic oxidation sites excluding steroid dienone is 2. The number of hydrogen-bond acceptors (Lipinski definition) is 30. The van der Waals surface area contributed by atoms with Crippen LogP contribution in [0.4, 0.5) is 0 Å². The van der Waals surface area contributed by atoms with Crippen LogP contribution >= 0.6 is 0 Å². The molecule has 5 aliphatic carbocycles. The Morgan fingerprint density at radius 1 is 0.564 bits per heavy atom. The Morgan fingerprint density at radius 2 is 1.21 bits per heavy atom. The average molecular weight is 1350 g/mol. The summed E-state index contributed by atoms with van der Waals surface area (Å²) in [4.78, 5) is 43.1. The van der Waals surface area contributed by atoms with E-state index in [9.17, 15) is 86.2 Å². The molecule has 30 heteroatoms.